The quantitative estimate of drug-likeness (QED) is 0.790. The third kappa shape index (κ3) is 5.32. The largest absolute Gasteiger partial charge is 0.390 e. The second-order valence-corrected chi connectivity index (χ2v) is 6.07. The van der Waals surface area contributed by atoms with Crippen molar-refractivity contribution in [2.24, 2.45) is 0 Å². The molecule has 6 heteroatoms. The Labute approximate surface area is 126 Å². The van der Waals surface area contributed by atoms with Gasteiger partial charge in [-0.1, -0.05) is 35.5 Å². The normalized spacial score (nSPS) is 14.2. The van der Waals surface area contributed by atoms with Crippen LogP contribution >= 0.6 is 35.0 Å². The maximum atomic E-state index is 10.8. The SMILES string of the molecule is CC(=O)SCCC(O)C(O)c1ccc(Cl)c(CCl)c1. The zero-order valence-electron chi connectivity index (χ0n) is 10.5. The Bertz CT molecular complexity index is 440. The number of benzene rings is 1. The summed E-state index contributed by atoms with van der Waals surface area (Å²) in [6.07, 6.45) is -1.59. The van der Waals surface area contributed by atoms with E-state index in [2.05, 4.69) is 0 Å². The molecule has 2 unspecified atom stereocenters. The highest BCUT2D eigenvalue weighted by Crippen LogP contribution is 2.26. The van der Waals surface area contributed by atoms with Crippen LogP contribution < -0.4 is 0 Å². The Balaban J connectivity index is 2.65. The summed E-state index contributed by atoms with van der Waals surface area (Å²) in [6.45, 7) is 1.47. The first kappa shape index (κ1) is 16.8. The van der Waals surface area contributed by atoms with Crippen LogP contribution in [-0.2, 0) is 10.7 Å². The minimum Gasteiger partial charge on any atom is -0.390 e. The molecule has 1 aromatic carbocycles. The maximum Gasteiger partial charge on any atom is 0.185 e. The number of carbonyl (C=O) groups is 1. The van der Waals surface area contributed by atoms with Gasteiger partial charge in [0.25, 0.3) is 0 Å². The van der Waals surface area contributed by atoms with Gasteiger partial charge in [0.1, 0.15) is 6.10 Å². The van der Waals surface area contributed by atoms with Crippen molar-refractivity contribution in [3.05, 3.63) is 34.3 Å². The van der Waals surface area contributed by atoms with Crippen molar-refractivity contribution >= 4 is 40.1 Å². The number of aliphatic hydroxyl groups is 2. The maximum absolute atomic E-state index is 10.8. The van der Waals surface area contributed by atoms with Crippen LogP contribution in [0.2, 0.25) is 5.02 Å². The number of alkyl halides is 1. The highest BCUT2D eigenvalue weighted by molar-refractivity contribution is 8.13. The molecule has 19 heavy (non-hydrogen) atoms. The second kappa shape index (κ2) is 8.12. The molecule has 2 atom stereocenters. The van der Waals surface area contributed by atoms with Gasteiger partial charge in [-0.25, -0.2) is 0 Å². The summed E-state index contributed by atoms with van der Waals surface area (Å²) in [5, 5.41) is 20.4. The molecule has 0 amide bonds. The van der Waals surface area contributed by atoms with Crippen LogP contribution in [0, 0.1) is 0 Å². The second-order valence-electron chi connectivity index (χ2n) is 4.13. The fourth-order valence-corrected chi connectivity index (χ4v) is 2.71. The molecule has 106 valence electrons. The van der Waals surface area contributed by atoms with Crippen LogP contribution in [0.1, 0.15) is 30.6 Å². The van der Waals surface area contributed by atoms with E-state index >= 15 is 0 Å². The number of carbonyl (C=O) groups excluding carboxylic acids is 1. The molecule has 2 N–H and O–H groups in total. The number of hydrogen-bond donors (Lipinski definition) is 2. The van der Waals surface area contributed by atoms with Gasteiger partial charge in [-0.05, 0) is 23.6 Å². The van der Waals surface area contributed by atoms with Crippen molar-refractivity contribution in [1.82, 2.24) is 0 Å². The Kier molecular flexibility index (Phi) is 7.18. The molecule has 1 rings (SSSR count). The number of aliphatic hydroxyl groups excluding tert-OH is 2. The van der Waals surface area contributed by atoms with E-state index in [4.69, 9.17) is 23.2 Å². The summed E-state index contributed by atoms with van der Waals surface area (Å²) in [5.41, 5.74) is 1.28. The molecule has 3 nitrogen and oxygen atoms in total. The monoisotopic (exact) mass is 322 g/mol. The summed E-state index contributed by atoms with van der Waals surface area (Å²) in [4.78, 5) is 10.8. The number of thioether (sulfide) groups is 1. The summed E-state index contributed by atoms with van der Waals surface area (Å²) in [5.74, 6) is 0.721. The van der Waals surface area contributed by atoms with Crippen molar-refractivity contribution in [2.45, 2.75) is 31.4 Å². The van der Waals surface area contributed by atoms with E-state index in [1.165, 1.54) is 6.92 Å². The van der Waals surface area contributed by atoms with E-state index < -0.39 is 12.2 Å². The van der Waals surface area contributed by atoms with Crippen LogP contribution in [0.4, 0.5) is 0 Å². The zero-order chi connectivity index (χ0) is 14.4. The molecule has 0 aromatic heterocycles. The molecule has 0 radical (unpaired) electrons. The molecule has 1 aromatic rings. The highest BCUT2D eigenvalue weighted by atomic mass is 35.5. The lowest BCUT2D eigenvalue weighted by atomic mass is 10.0. The summed E-state index contributed by atoms with van der Waals surface area (Å²) < 4.78 is 0. The Morgan fingerprint density at radius 3 is 2.68 bits per heavy atom. The third-order valence-corrected chi connectivity index (χ3v) is 4.14. The molecule has 0 aliphatic heterocycles. The minimum absolute atomic E-state index is 0.00221. The highest BCUT2D eigenvalue weighted by Gasteiger charge is 2.19. The zero-order valence-corrected chi connectivity index (χ0v) is 12.8. The summed E-state index contributed by atoms with van der Waals surface area (Å²) in [6, 6.07) is 4.99. The standard InChI is InChI=1S/C13H16Cl2O3S/c1-8(16)19-5-4-12(17)13(18)9-2-3-11(15)10(6-9)7-14/h2-3,6,12-13,17-18H,4-5,7H2,1H3. The fraction of sp³-hybridized carbons (Fsp3) is 0.462. The predicted octanol–water partition coefficient (Wildman–Crippen LogP) is 3.14. The van der Waals surface area contributed by atoms with Crippen LogP contribution in [0.25, 0.3) is 0 Å². The minimum atomic E-state index is -1.01. The lowest BCUT2D eigenvalue weighted by Crippen LogP contribution is -2.19. The van der Waals surface area contributed by atoms with Gasteiger partial charge in [0, 0.05) is 23.6 Å². The molecule has 0 aliphatic carbocycles. The van der Waals surface area contributed by atoms with E-state index in [1.54, 1.807) is 18.2 Å². The van der Waals surface area contributed by atoms with Gasteiger partial charge in [-0.2, -0.15) is 0 Å². The molecule has 0 saturated heterocycles. The molecule has 0 spiro atoms. The summed E-state index contributed by atoms with van der Waals surface area (Å²) in [7, 11) is 0. The van der Waals surface area contributed by atoms with Crippen LogP contribution in [0.3, 0.4) is 0 Å². The fourth-order valence-electron chi connectivity index (χ4n) is 1.58. The predicted molar refractivity (Wildman–Crippen MR) is 79.7 cm³/mol. The van der Waals surface area contributed by atoms with Crippen molar-refractivity contribution in [3.63, 3.8) is 0 Å². The van der Waals surface area contributed by atoms with Gasteiger partial charge in [-0.15, -0.1) is 11.6 Å². The molecule has 0 aliphatic rings. The van der Waals surface area contributed by atoms with Gasteiger partial charge in [0.2, 0.25) is 0 Å². The smallest absolute Gasteiger partial charge is 0.185 e. The first-order valence-electron chi connectivity index (χ1n) is 5.79. The topological polar surface area (TPSA) is 57.5 Å². The average molecular weight is 323 g/mol. The lowest BCUT2D eigenvalue weighted by molar-refractivity contribution is -0.109. The number of hydrogen-bond acceptors (Lipinski definition) is 4. The van der Waals surface area contributed by atoms with Gasteiger partial charge in [0.15, 0.2) is 5.12 Å². The van der Waals surface area contributed by atoms with E-state index in [0.717, 1.165) is 11.8 Å². The van der Waals surface area contributed by atoms with Gasteiger partial charge < -0.3 is 10.2 Å². The van der Waals surface area contributed by atoms with E-state index in [0.29, 0.717) is 28.3 Å². The van der Waals surface area contributed by atoms with E-state index in [-0.39, 0.29) is 11.0 Å². The number of halogens is 2. The third-order valence-electron chi connectivity index (χ3n) is 2.64. The van der Waals surface area contributed by atoms with E-state index in [1.807, 2.05) is 0 Å². The van der Waals surface area contributed by atoms with Crippen molar-refractivity contribution in [2.75, 3.05) is 5.75 Å². The van der Waals surface area contributed by atoms with Gasteiger partial charge >= 0.3 is 0 Å². The first-order chi connectivity index (χ1) is 8.95. The van der Waals surface area contributed by atoms with Crippen molar-refractivity contribution in [1.29, 1.82) is 0 Å². The molecule has 0 bridgehead atoms. The van der Waals surface area contributed by atoms with Crippen LogP contribution in [-0.4, -0.2) is 27.2 Å². The molecular weight excluding hydrogens is 307 g/mol. The molecule has 0 saturated carbocycles. The van der Waals surface area contributed by atoms with E-state index in [9.17, 15) is 15.0 Å². The van der Waals surface area contributed by atoms with Crippen LogP contribution in [0.5, 0.6) is 0 Å². The lowest BCUT2D eigenvalue weighted by Gasteiger charge is -2.18. The van der Waals surface area contributed by atoms with Crippen molar-refractivity contribution < 1.29 is 15.0 Å². The van der Waals surface area contributed by atoms with Gasteiger partial charge in [0.05, 0.1) is 6.10 Å². The average Bonchev–Trinajstić information content (AvgIpc) is 2.38. The first-order valence-corrected chi connectivity index (χ1v) is 7.69. The Morgan fingerprint density at radius 2 is 2.11 bits per heavy atom. The molecule has 0 fully saturated rings. The van der Waals surface area contributed by atoms with Gasteiger partial charge in [-0.3, -0.25) is 4.79 Å². The summed E-state index contributed by atoms with van der Waals surface area (Å²) >= 11 is 12.8. The van der Waals surface area contributed by atoms with Crippen LogP contribution in [0.15, 0.2) is 18.2 Å². The number of rotatable bonds is 6. The molecular formula is C13H16Cl2O3S. The van der Waals surface area contributed by atoms with Crippen molar-refractivity contribution in [3.8, 4) is 0 Å². The Morgan fingerprint density at radius 1 is 1.42 bits per heavy atom. The molecule has 0 heterocycles. The Hall–Kier alpha value is -0.260.